The number of rotatable bonds is 1. The molecule has 0 fully saturated rings. The lowest BCUT2D eigenvalue weighted by atomic mass is 10.0. The second-order valence-corrected chi connectivity index (χ2v) is 5.09. The number of oxazole rings is 1. The Hall–Kier alpha value is -0.960. The molecule has 1 aromatic carbocycles. The van der Waals surface area contributed by atoms with Crippen molar-refractivity contribution in [1.29, 1.82) is 0 Å². The van der Waals surface area contributed by atoms with E-state index in [0.29, 0.717) is 5.89 Å². The number of aromatic nitrogens is 1. The molecule has 0 bridgehead atoms. The van der Waals surface area contributed by atoms with Crippen LogP contribution < -0.4 is 0 Å². The first kappa shape index (κ1) is 9.59. The minimum absolute atomic E-state index is 0.138. The van der Waals surface area contributed by atoms with Gasteiger partial charge >= 0.3 is 0 Å². The van der Waals surface area contributed by atoms with Crippen LogP contribution in [0.2, 0.25) is 0 Å². The van der Waals surface area contributed by atoms with Crippen LogP contribution in [0.3, 0.4) is 0 Å². The Bertz CT molecular complexity index is 468. The molecular weight excluding hydrogens is 194 g/mol. The molecular formula is C11H13NOS. The second-order valence-electron chi connectivity index (χ2n) is 3.97. The van der Waals surface area contributed by atoms with Crippen LogP contribution in [0.15, 0.2) is 22.6 Å². The van der Waals surface area contributed by atoms with Gasteiger partial charge in [-0.3, -0.25) is 0 Å². The smallest absolute Gasteiger partial charge is 0.192 e. The van der Waals surface area contributed by atoms with Gasteiger partial charge < -0.3 is 4.42 Å². The minimum atomic E-state index is -0.138. The normalized spacial score (nSPS) is 12.3. The molecule has 0 spiro atoms. The molecule has 0 aliphatic heterocycles. The van der Waals surface area contributed by atoms with Gasteiger partial charge in [0.1, 0.15) is 5.52 Å². The molecule has 14 heavy (non-hydrogen) atoms. The largest absolute Gasteiger partial charge is 0.441 e. The predicted octanol–water partition coefficient (Wildman–Crippen LogP) is 3.30. The molecule has 1 heterocycles. The van der Waals surface area contributed by atoms with Crippen LogP contribution in [0.4, 0.5) is 0 Å². The molecule has 2 nitrogen and oxygen atoms in total. The topological polar surface area (TPSA) is 26.0 Å². The van der Waals surface area contributed by atoms with Gasteiger partial charge in [-0.25, -0.2) is 4.98 Å². The molecule has 2 aromatic rings. The molecule has 0 saturated carbocycles. The van der Waals surface area contributed by atoms with Crippen LogP contribution in [-0.4, -0.2) is 4.98 Å². The third-order valence-electron chi connectivity index (χ3n) is 2.20. The lowest BCUT2D eigenvalue weighted by molar-refractivity contribution is 0.561. The average Bonchev–Trinajstić information content (AvgIpc) is 2.41. The molecule has 0 atom stereocenters. The molecule has 2 rings (SSSR count). The third kappa shape index (κ3) is 1.64. The summed E-state index contributed by atoms with van der Waals surface area (Å²) in [5.41, 5.74) is 2.90. The van der Waals surface area contributed by atoms with Crippen molar-refractivity contribution in [3.63, 3.8) is 0 Å². The maximum Gasteiger partial charge on any atom is 0.192 e. The summed E-state index contributed by atoms with van der Waals surface area (Å²) >= 11 is 4.52. The van der Waals surface area contributed by atoms with Crippen molar-refractivity contribution in [2.75, 3.05) is 0 Å². The predicted molar refractivity (Wildman–Crippen MR) is 60.8 cm³/mol. The highest BCUT2D eigenvalue weighted by molar-refractivity contribution is 7.81. The Morgan fingerprint density at radius 3 is 2.71 bits per heavy atom. The van der Waals surface area contributed by atoms with Gasteiger partial charge in [-0.2, -0.15) is 12.6 Å². The van der Waals surface area contributed by atoms with Crippen LogP contribution in [0.1, 0.15) is 25.3 Å². The molecule has 0 unspecified atom stereocenters. The minimum Gasteiger partial charge on any atom is -0.441 e. The van der Waals surface area contributed by atoms with E-state index in [-0.39, 0.29) is 4.75 Å². The highest BCUT2D eigenvalue weighted by Crippen LogP contribution is 2.29. The van der Waals surface area contributed by atoms with E-state index in [1.807, 2.05) is 25.1 Å². The van der Waals surface area contributed by atoms with Gasteiger partial charge in [0.25, 0.3) is 0 Å². The quantitative estimate of drug-likeness (QED) is 0.726. The van der Waals surface area contributed by atoms with E-state index < -0.39 is 0 Å². The van der Waals surface area contributed by atoms with Crippen molar-refractivity contribution < 1.29 is 4.42 Å². The highest BCUT2D eigenvalue weighted by atomic mass is 32.1. The Morgan fingerprint density at radius 1 is 1.36 bits per heavy atom. The second kappa shape index (κ2) is 3.02. The fourth-order valence-corrected chi connectivity index (χ4v) is 1.56. The molecule has 3 heteroatoms. The van der Waals surface area contributed by atoms with Crippen molar-refractivity contribution in [1.82, 2.24) is 4.98 Å². The number of hydrogen-bond donors (Lipinski definition) is 1. The Morgan fingerprint density at radius 2 is 2.07 bits per heavy atom. The van der Waals surface area contributed by atoms with Crippen molar-refractivity contribution >= 4 is 23.7 Å². The number of nitrogens with zero attached hydrogens (tertiary/aromatic N) is 1. The first-order valence-electron chi connectivity index (χ1n) is 4.57. The summed E-state index contributed by atoms with van der Waals surface area (Å²) in [4.78, 5) is 4.29. The Labute approximate surface area is 88.7 Å². The fraction of sp³-hybridized carbons (Fsp3) is 0.364. The molecule has 0 aliphatic carbocycles. The van der Waals surface area contributed by atoms with Crippen molar-refractivity contribution in [3.05, 3.63) is 29.7 Å². The fourth-order valence-electron chi connectivity index (χ4n) is 1.42. The summed E-state index contributed by atoms with van der Waals surface area (Å²) in [6, 6.07) is 6.00. The monoisotopic (exact) mass is 207 g/mol. The zero-order valence-corrected chi connectivity index (χ0v) is 9.43. The van der Waals surface area contributed by atoms with Crippen molar-refractivity contribution in [2.24, 2.45) is 0 Å². The lowest BCUT2D eigenvalue weighted by Gasteiger charge is -2.17. The van der Waals surface area contributed by atoms with Gasteiger partial charge in [0.15, 0.2) is 11.5 Å². The van der Waals surface area contributed by atoms with Crippen molar-refractivity contribution in [2.45, 2.75) is 25.5 Å². The van der Waals surface area contributed by atoms with E-state index in [9.17, 15) is 0 Å². The summed E-state index contributed by atoms with van der Waals surface area (Å²) < 4.78 is 5.26. The molecule has 0 N–H and O–H groups in total. The molecule has 0 aliphatic rings. The van der Waals surface area contributed by atoms with Gasteiger partial charge in [0.05, 0.1) is 0 Å². The maximum atomic E-state index is 5.40. The maximum absolute atomic E-state index is 5.40. The van der Waals surface area contributed by atoms with Gasteiger partial charge in [-0.05, 0) is 31.5 Å². The van der Waals surface area contributed by atoms with Crippen LogP contribution in [0.25, 0.3) is 11.1 Å². The zero-order valence-electron chi connectivity index (χ0n) is 8.53. The summed E-state index contributed by atoms with van der Waals surface area (Å²) in [7, 11) is 0. The van der Waals surface area contributed by atoms with Crippen LogP contribution in [-0.2, 0) is 4.75 Å². The number of benzene rings is 1. The van der Waals surface area contributed by atoms with E-state index in [4.69, 9.17) is 4.42 Å². The van der Waals surface area contributed by atoms with Crippen LogP contribution in [0.5, 0.6) is 0 Å². The van der Waals surface area contributed by atoms with Crippen LogP contribution >= 0.6 is 12.6 Å². The van der Waals surface area contributed by atoms with Crippen molar-refractivity contribution in [3.8, 4) is 0 Å². The van der Waals surface area contributed by atoms with E-state index in [1.54, 1.807) is 0 Å². The number of fused-ring (bicyclic) bond motifs is 1. The molecule has 74 valence electrons. The Balaban J connectivity index is 2.62. The van der Waals surface area contributed by atoms with E-state index in [1.165, 1.54) is 0 Å². The molecule has 0 amide bonds. The summed E-state index contributed by atoms with van der Waals surface area (Å²) in [5, 5.41) is 0. The van der Waals surface area contributed by atoms with Gasteiger partial charge in [0, 0.05) is 11.7 Å². The average molecular weight is 207 g/mol. The van der Waals surface area contributed by atoms with E-state index in [2.05, 4.69) is 31.5 Å². The summed E-state index contributed by atoms with van der Waals surface area (Å²) in [6.07, 6.45) is 0. The van der Waals surface area contributed by atoms with E-state index >= 15 is 0 Å². The standard InChI is InChI=1S/C11H13NOS/c1-7-12-9-6-8(11(2,3)14)4-5-10(9)13-7/h4-6,14H,1-3H3. The zero-order chi connectivity index (χ0) is 10.3. The third-order valence-corrected chi connectivity index (χ3v) is 2.46. The number of hydrogen-bond acceptors (Lipinski definition) is 3. The van der Waals surface area contributed by atoms with Gasteiger partial charge in [-0.15, -0.1) is 0 Å². The van der Waals surface area contributed by atoms with Crippen LogP contribution in [0, 0.1) is 6.92 Å². The first-order chi connectivity index (χ1) is 6.47. The van der Waals surface area contributed by atoms with Gasteiger partial charge in [-0.1, -0.05) is 6.07 Å². The summed E-state index contributed by atoms with van der Waals surface area (Å²) in [5.74, 6) is 0.703. The highest BCUT2D eigenvalue weighted by Gasteiger charge is 2.15. The first-order valence-corrected chi connectivity index (χ1v) is 5.01. The molecule has 0 saturated heterocycles. The Kier molecular flexibility index (Phi) is 2.07. The SMILES string of the molecule is Cc1nc2cc(C(C)(C)S)ccc2o1. The molecule has 1 aromatic heterocycles. The van der Waals surface area contributed by atoms with E-state index in [0.717, 1.165) is 16.7 Å². The number of thiol groups is 1. The molecule has 0 radical (unpaired) electrons. The number of aryl methyl sites for hydroxylation is 1. The summed E-state index contributed by atoms with van der Waals surface area (Å²) in [6.45, 7) is 5.97. The lowest BCUT2D eigenvalue weighted by Crippen LogP contribution is -2.06. The van der Waals surface area contributed by atoms with Gasteiger partial charge in [0.2, 0.25) is 0 Å².